The van der Waals surface area contributed by atoms with E-state index in [0.29, 0.717) is 29.3 Å². The molecule has 0 aliphatic carbocycles. The molecule has 0 bridgehead atoms. The van der Waals surface area contributed by atoms with Crippen LogP contribution in [0, 0.1) is 5.92 Å². The van der Waals surface area contributed by atoms with Crippen molar-refractivity contribution in [3.8, 4) is 0 Å². The zero-order chi connectivity index (χ0) is 15.6. The molecule has 0 saturated carbocycles. The molecule has 0 saturated heterocycles. The van der Waals surface area contributed by atoms with Crippen molar-refractivity contribution in [1.29, 1.82) is 0 Å². The van der Waals surface area contributed by atoms with Gasteiger partial charge in [0.2, 0.25) is 0 Å². The Bertz CT molecular complexity index is 624. The SMILES string of the molecule is CSCC(C)Cn1c(CCl)nc2cc(C(F)(F)F)ccc21. The molecule has 0 fully saturated rings. The van der Waals surface area contributed by atoms with Gasteiger partial charge in [0.15, 0.2) is 0 Å². The molecule has 0 aliphatic heterocycles. The predicted octanol–water partition coefficient (Wildman–Crippen LogP) is 4.79. The van der Waals surface area contributed by atoms with Crippen LogP contribution in [0.25, 0.3) is 11.0 Å². The number of aromatic nitrogens is 2. The molecule has 0 spiro atoms. The van der Waals surface area contributed by atoms with E-state index in [1.54, 1.807) is 11.8 Å². The van der Waals surface area contributed by atoms with E-state index in [0.717, 1.165) is 17.9 Å². The maximum Gasteiger partial charge on any atom is 0.416 e. The van der Waals surface area contributed by atoms with Gasteiger partial charge >= 0.3 is 6.18 Å². The summed E-state index contributed by atoms with van der Waals surface area (Å²) in [5.74, 6) is 2.16. The number of alkyl halides is 4. The van der Waals surface area contributed by atoms with Crippen LogP contribution in [0.3, 0.4) is 0 Å². The van der Waals surface area contributed by atoms with Gasteiger partial charge in [-0.15, -0.1) is 11.6 Å². The summed E-state index contributed by atoms with van der Waals surface area (Å²) >= 11 is 7.62. The molecule has 1 heterocycles. The maximum atomic E-state index is 12.8. The molecule has 0 N–H and O–H groups in total. The number of nitrogens with zero attached hydrogens (tertiary/aromatic N) is 2. The molecule has 0 aliphatic rings. The Morgan fingerprint density at radius 1 is 1.38 bits per heavy atom. The summed E-state index contributed by atoms with van der Waals surface area (Å²) in [6.45, 7) is 2.80. The Hall–Kier alpha value is -0.880. The van der Waals surface area contributed by atoms with Gasteiger partial charge in [-0.1, -0.05) is 6.92 Å². The number of rotatable bonds is 5. The minimum atomic E-state index is -4.36. The number of imidazole rings is 1. The van der Waals surface area contributed by atoms with Gasteiger partial charge in [0.1, 0.15) is 5.82 Å². The van der Waals surface area contributed by atoms with E-state index in [4.69, 9.17) is 11.6 Å². The van der Waals surface area contributed by atoms with Crippen molar-refractivity contribution in [2.75, 3.05) is 12.0 Å². The minimum Gasteiger partial charge on any atom is -0.327 e. The highest BCUT2D eigenvalue weighted by Gasteiger charge is 2.31. The zero-order valence-corrected chi connectivity index (χ0v) is 13.3. The molecule has 0 amide bonds. The highest BCUT2D eigenvalue weighted by atomic mass is 35.5. The monoisotopic (exact) mass is 336 g/mol. The summed E-state index contributed by atoms with van der Waals surface area (Å²) < 4.78 is 40.2. The first-order valence-electron chi connectivity index (χ1n) is 6.48. The van der Waals surface area contributed by atoms with E-state index in [9.17, 15) is 13.2 Å². The summed E-state index contributed by atoms with van der Waals surface area (Å²) in [6.07, 6.45) is -2.33. The van der Waals surface area contributed by atoms with Gasteiger partial charge in [0.25, 0.3) is 0 Å². The quantitative estimate of drug-likeness (QED) is 0.730. The molecule has 116 valence electrons. The van der Waals surface area contributed by atoms with Gasteiger partial charge in [-0.3, -0.25) is 0 Å². The molecular formula is C14H16ClF3N2S. The Kier molecular flexibility index (Phi) is 5.09. The molecule has 1 atom stereocenters. The second kappa shape index (κ2) is 6.48. The largest absolute Gasteiger partial charge is 0.416 e. The Morgan fingerprint density at radius 3 is 2.67 bits per heavy atom. The van der Waals surface area contributed by atoms with Crippen LogP contribution in [0.4, 0.5) is 13.2 Å². The van der Waals surface area contributed by atoms with Crippen molar-refractivity contribution in [3.05, 3.63) is 29.6 Å². The van der Waals surface area contributed by atoms with E-state index in [1.165, 1.54) is 6.07 Å². The summed E-state index contributed by atoms with van der Waals surface area (Å²) in [7, 11) is 0. The van der Waals surface area contributed by atoms with Gasteiger partial charge in [0.05, 0.1) is 22.5 Å². The lowest BCUT2D eigenvalue weighted by atomic mass is 10.2. The second-order valence-electron chi connectivity index (χ2n) is 5.03. The van der Waals surface area contributed by atoms with E-state index in [1.807, 2.05) is 10.8 Å². The first kappa shape index (κ1) is 16.5. The third-order valence-corrected chi connectivity index (χ3v) is 4.36. The normalized spacial score (nSPS) is 13.8. The van der Waals surface area contributed by atoms with Crippen LogP contribution in [0.1, 0.15) is 18.3 Å². The van der Waals surface area contributed by atoms with E-state index in [-0.39, 0.29) is 5.88 Å². The zero-order valence-electron chi connectivity index (χ0n) is 11.7. The lowest BCUT2D eigenvalue weighted by molar-refractivity contribution is -0.137. The van der Waals surface area contributed by atoms with Crippen LogP contribution in [0.2, 0.25) is 0 Å². The van der Waals surface area contributed by atoms with E-state index >= 15 is 0 Å². The topological polar surface area (TPSA) is 17.8 Å². The second-order valence-corrected chi connectivity index (χ2v) is 6.21. The third-order valence-electron chi connectivity index (χ3n) is 3.22. The van der Waals surface area contributed by atoms with Crippen LogP contribution in [-0.2, 0) is 18.6 Å². The average molecular weight is 337 g/mol. The Labute approximate surface area is 130 Å². The van der Waals surface area contributed by atoms with Gasteiger partial charge < -0.3 is 4.57 Å². The van der Waals surface area contributed by atoms with Gasteiger partial charge in [-0.05, 0) is 36.1 Å². The van der Waals surface area contributed by atoms with Crippen LogP contribution in [0.15, 0.2) is 18.2 Å². The standard InChI is InChI=1S/C14H16ClF3N2S/c1-9(8-21-2)7-20-12-4-3-10(14(16,17)18)5-11(12)19-13(20)6-15/h3-5,9H,6-8H2,1-2H3. The van der Waals surface area contributed by atoms with Crippen molar-refractivity contribution in [1.82, 2.24) is 9.55 Å². The smallest absolute Gasteiger partial charge is 0.327 e. The lowest BCUT2D eigenvalue weighted by Gasteiger charge is -2.14. The molecule has 0 radical (unpaired) electrons. The predicted molar refractivity (Wildman–Crippen MR) is 81.8 cm³/mol. The molecular weight excluding hydrogens is 321 g/mol. The Balaban J connectivity index is 2.45. The molecule has 2 aromatic rings. The van der Waals surface area contributed by atoms with Crippen molar-refractivity contribution in [2.24, 2.45) is 5.92 Å². The summed E-state index contributed by atoms with van der Waals surface area (Å²) in [5, 5.41) is 0. The fraction of sp³-hybridized carbons (Fsp3) is 0.500. The van der Waals surface area contributed by atoms with Crippen molar-refractivity contribution < 1.29 is 13.2 Å². The van der Waals surface area contributed by atoms with E-state index < -0.39 is 11.7 Å². The molecule has 1 aromatic carbocycles. The average Bonchev–Trinajstić information content (AvgIpc) is 2.75. The van der Waals surface area contributed by atoms with Gasteiger partial charge in [-0.25, -0.2) is 4.98 Å². The summed E-state index contributed by atoms with van der Waals surface area (Å²) in [5.41, 5.74) is 0.362. The molecule has 7 heteroatoms. The highest BCUT2D eigenvalue weighted by Crippen LogP contribution is 2.32. The van der Waals surface area contributed by atoms with Crippen molar-refractivity contribution in [2.45, 2.75) is 25.5 Å². The van der Waals surface area contributed by atoms with Crippen molar-refractivity contribution in [3.63, 3.8) is 0 Å². The number of fused-ring (bicyclic) bond motifs is 1. The van der Waals surface area contributed by atoms with Crippen LogP contribution in [0.5, 0.6) is 0 Å². The van der Waals surface area contributed by atoms with Crippen LogP contribution >= 0.6 is 23.4 Å². The number of hydrogen-bond donors (Lipinski definition) is 0. The Morgan fingerprint density at radius 2 is 2.10 bits per heavy atom. The fourth-order valence-electron chi connectivity index (χ4n) is 2.31. The molecule has 1 aromatic heterocycles. The highest BCUT2D eigenvalue weighted by molar-refractivity contribution is 7.98. The fourth-order valence-corrected chi connectivity index (χ4v) is 3.19. The molecule has 21 heavy (non-hydrogen) atoms. The summed E-state index contributed by atoms with van der Waals surface area (Å²) in [6, 6.07) is 3.66. The first-order valence-corrected chi connectivity index (χ1v) is 8.41. The molecule has 1 unspecified atom stereocenters. The van der Waals surface area contributed by atoms with Crippen LogP contribution in [-0.4, -0.2) is 21.6 Å². The molecule has 2 rings (SSSR count). The first-order chi connectivity index (χ1) is 9.86. The van der Waals surface area contributed by atoms with Gasteiger partial charge in [-0.2, -0.15) is 24.9 Å². The van der Waals surface area contributed by atoms with Gasteiger partial charge in [0, 0.05) is 6.54 Å². The van der Waals surface area contributed by atoms with Crippen LogP contribution < -0.4 is 0 Å². The molecule has 2 nitrogen and oxygen atoms in total. The van der Waals surface area contributed by atoms with Crippen molar-refractivity contribution >= 4 is 34.4 Å². The maximum absolute atomic E-state index is 12.8. The number of benzene rings is 1. The van der Waals surface area contributed by atoms with E-state index in [2.05, 4.69) is 11.9 Å². The minimum absolute atomic E-state index is 0.183. The number of hydrogen-bond acceptors (Lipinski definition) is 2. The number of halogens is 4. The lowest BCUT2D eigenvalue weighted by Crippen LogP contribution is -2.12. The summed E-state index contributed by atoms with van der Waals surface area (Å²) in [4.78, 5) is 4.24. The third kappa shape index (κ3) is 3.66. The number of thioether (sulfide) groups is 1.